The average molecular weight is 571 g/mol. The Morgan fingerprint density at radius 3 is 2.44 bits per heavy atom. The summed E-state index contributed by atoms with van der Waals surface area (Å²) in [5.74, 6) is 2.28. The smallest absolute Gasteiger partial charge is 0.0413 e. The lowest BCUT2D eigenvalue weighted by molar-refractivity contribution is 0.116. The van der Waals surface area contributed by atoms with Gasteiger partial charge in [0, 0.05) is 31.9 Å². The van der Waals surface area contributed by atoms with Crippen LogP contribution < -0.4 is 5.32 Å². The minimum Gasteiger partial charge on any atom is -0.386 e. The van der Waals surface area contributed by atoms with E-state index in [1.165, 1.54) is 90.4 Å². The van der Waals surface area contributed by atoms with Crippen molar-refractivity contribution in [2.24, 2.45) is 11.8 Å². The highest BCUT2D eigenvalue weighted by Gasteiger charge is 2.37. The van der Waals surface area contributed by atoms with Gasteiger partial charge in [0.05, 0.1) is 0 Å². The summed E-state index contributed by atoms with van der Waals surface area (Å²) in [6.07, 6.45) is 34.6. The molecule has 1 aromatic carbocycles. The minimum atomic E-state index is 0.499. The number of hydrogen-bond donors (Lipinski definition) is 1. The molecule has 0 saturated heterocycles. The molecule has 2 heterocycles. The second-order valence-corrected chi connectivity index (χ2v) is 13.9. The number of rotatable bonds is 4. The van der Waals surface area contributed by atoms with Crippen LogP contribution in [0.2, 0.25) is 0 Å². The first kappa shape index (κ1) is 28.7. The second kappa shape index (κ2) is 12.9. The maximum atomic E-state index is 3.47. The highest BCUT2D eigenvalue weighted by molar-refractivity contribution is 5.70. The van der Waals surface area contributed by atoms with Gasteiger partial charge in [-0.05, 0) is 133 Å². The van der Waals surface area contributed by atoms with Crippen LogP contribution in [0.25, 0.3) is 5.57 Å². The summed E-state index contributed by atoms with van der Waals surface area (Å²) in [5, 5.41) is 3.47. The van der Waals surface area contributed by atoms with Gasteiger partial charge in [-0.3, -0.25) is 4.90 Å². The van der Waals surface area contributed by atoms with Crippen molar-refractivity contribution in [2.75, 3.05) is 19.6 Å². The fraction of sp³-hybridized carbons (Fsp3) is 0.463. The van der Waals surface area contributed by atoms with Gasteiger partial charge in [-0.2, -0.15) is 0 Å². The second-order valence-electron chi connectivity index (χ2n) is 13.9. The molecule has 0 amide bonds. The number of nitrogens with zero attached hydrogens (tertiary/aromatic N) is 1. The van der Waals surface area contributed by atoms with Gasteiger partial charge in [0.15, 0.2) is 0 Å². The maximum absolute atomic E-state index is 3.47. The van der Waals surface area contributed by atoms with Crippen LogP contribution in [0.4, 0.5) is 0 Å². The fourth-order valence-corrected chi connectivity index (χ4v) is 8.58. The maximum Gasteiger partial charge on any atom is 0.0413 e. The Bertz CT molecular complexity index is 1450. The molecule has 1 N–H and O–H groups in total. The normalized spacial score (nSPS) is 32.7. The number of allylic oxidation sites excluding steroid dienone is 11. The average Bonchev–Trinajstić information content (AvgIpc) is 3.06. The molecule has 4 aliphatic carbocycles. The summed E-state index contributed by atoms with van der Waals surface area (Å²) in [6, 6.07) is 10.2. The van der Waals surface area contributed by atoms with E-state index in [2.05, 4.69) is 103 Å². The summed E-state index contributed by atoms with van der Waals surface area (Å²) >= 11 is 0. The van der Waals surface area contributed by atoms with Crippen LogP contribution in [0.5, 0.6) is 0 Å². The summed E-state index contributed by atoms with van der Waals surface area (Å²) in [7, 11) is 0. The molecule has 2 nitrogen and oxygen atoms in total. The lowest BCUT2D eigenvalue weighted by atomic mass is 9.70. The summed E-state index contributed by atoms with van der Waals surface area (Å²) in [5.41, 5.74) is 13.3. The van der Waals surface area contributed by atoms with Crippen LogP contribution >= 0.6 is 0 Å². The molecule has 0 aromatic heterocycles. The van der Waals surface area contributed by atoms with E-state index in [9.17, 15) is 0 Å². The first-order chi connectivity index (χ1) is 21.2. The minimum absolute atomic E-state index is 0.499. The van der Waals surface area contributed by atoms with E-state index >= 15 is 0 Å². The molecule has 4 atom stereocenters. The van der Waals surface area contributed by atoms with Crippen LogP contribution in [0.3, 0.4) is 0 Å². The Morgan fingerprint density at radius 2 is 1.65 bits per heavy atom. The molecule has 1 fully saturated rings. The number of benzene rings is 1. The molecule has 43 heavy (non-hydrogen) atoms. The van der Waals surface area contributed by atoms with Gasteiger partial charge in [0.25, 0.3) is 0 Å². The molecule has 224 valence electrons. The number of fused-ring (bicyclic) bond motifs is 2. The first-order valence-electron chi connectivity index (χ1n) is 17.2. The molecule has 1 aromatic rings. The Labute approximate surface area is 260 Å². The fourth-order valence-electron chi connectivity index (χ4n) is 8.58. The predicted molar refractivity (Wildman–Crippen MR) is 183 cm³/mol. The molecule has 0 bridgehead atoms. The van der Waals surface area contributed by atoms with Crippen molar-refractivity contribution in [2.45, 2.75) is 90.0 Å². The molecular weight excluding hydrogens is 520 g/mol. The highest BCUT2D eigenvalue weighted by Crippen LogP contribution is 2.42. The molecule has 0 spiro atoms. The van der Waals surface area contributed by atoms with E-state index in [0.717, 1.165) is 44.3 Å². The van der Waals surface area contributed by atoms with E-state index in [4.69, 9.17) is 0 Å². The van der Waals surface area contributed by atoms with Crippen molar-refractivity contribution in [3.05, 3.63) is 124 Å². The lowest BCUT2D eigenvalue weighted by Gasteiger charge is -2.45. The Hall–Kier alpha value is -3.10. The van der Waals surface area contributed by atoms with Crippen LogP contribution in [0.1, 0.15) is 95.1 Å². The lowest BCUT2D eigenvalue weighted by Crippen LogP contribution is -2.47. The van der Waals surface area contributed by atoms with Crippen molar-refractivity contribution in [3.8, 4) is 0 Å². The summed E-state index contributed by atoms with van der Waals surface area (Å²) in [4.78, 5) is 2.88. The SMILES string of the molecule is CC1=C/C=C(/c2ccc([C@@H]3CC=CCC3)cc2)CN(C2C=CCC3CCCCC32)C/C(C2=CNC2)=C2/CCC=CC2=C1C. The van der Waals surface area contributed by atoms with Crippen LogP contribution in [0.15, 0.2) is 113 Å². The molecular formula is C41H50N2. The molecule has 7 rings (SSSR count). The van der Waals surface area contributed by atoms with Crippen molar-refractivity contribution < 1.29 is 0 Å². The van der Waals surface area contributed by atoms with Crippen molar-refractivity contribution >= 4 is 5.57 Å². The predicted octanol–water partition coefficient (Wildman–Crippen LogP) is 9.74. The Kier molecular flexibility index (Phi) is 8.58. The highest BCUT2D eigenvalue weighted by atomic mass is 15.2. The van der Waals surface area contributed by atoms with Gasteiger partial charge in [-0.15, -0.1) is 0 Å². The standard InChI is InChI=1S/C41H50N2/c1-29-19-20-35(33-23-21-32(22-24-33)31-11-4-3-5-12-31)27-43(41-18-10-14-34-13-6-7-16-38(34)41)28-40(36-25-42-26-36)39-17-9-8-15-37(39)30(29)2/h3-4,8,10,15,18-25,31,34,38,41-42H,5-7,9,11-14,16-17,26-28H2,1-2H3/b29-19?,35-20+,37-30?,40-39+/t31-,34?,38?,41?/m1/s1. The zero-order valence-corrected chi connectivity index (χ0v) is 26.5. The van der Waals surface area contributed by atoms with Gasteiger partial charge in [0.1, 0.15) is 0 Å². The third-order valence-electron chi connectivity index (χ3n) is 11.4. The van der Waals surface area contributed by atoms with Gasteiger partial charge < -0.3 is 5.32 Å². The van der Waals surface area contributed by atoms with E-state index in [-0.39, 0.29) is 0 Å². The largest absolute Gasteiger partial charge is 0.386 e. The van der Waals surface area contributed by atoms with E-state index in [0.29, 0.717) is 12.0 Å². The monoisotopic (exact) mass is 570 g/mol. The van der Waals surface area contributed by atoms with Crippen molar-refractivity contribution in [1.29, 1.82) is 0 Å². The molecule has 0 radical (unpaired) electrons. The summed E-state index contributed by atoms with van der Waals surface area (Å²) in [6.45, 7) is 7.65. The molecule has 1 saturated carbocycles. The van der Waals surface area contributed by atoms with Crippen molar-refractivity contribution in [1.82, 2.24) is 10.2 Å². The van der Waals surface area contributed by atoms with E-state index in [1.807, 2.05) is 0 Å². The van der Waals surface area contributed by atoms with Crippen LogP contribution in [-0.4, -0.2) is 30.6 Å². The van der Waals surface area contributed by atoms with E-state index in [1.54, 1.807) is 11.1 Å². The summed E-state index contributed by atoms with van der Waals surface area (Å²) < 4.78 is 0. The van der Waals surface area contributed by atoms with Gasteiger partial charge in [0.2, 0.25) is 0 Å². The van der Waals surface area contributed by atoms with Gasteiger partial charge in [-0.25, -0.2) is 0 Å². The van der Waals surface area contributed by atoms with Crippen LogP contribution in [0, 0.1) is 11.8 Å². The third-order valence-corrected chi connectivity index (χ3v) is 11.4. The number of hydrogen-bond acceptors (Lipinski definition) is 2. The molecule has 2 heteroatoms. The zero-order chi connectivity index (χ0) is 29.2. The van der Waals surface area contributed by atoms with Gasteiger partial charge in [-0.1, -0.05) is 85.7 Å². The topological polar surface area (TPSA) is 15.3 Å². The third kappa shape index (κ3) is 6.01. The zero-order valence-electron chi connectivity index (χ0n) is 26.5. The van der Waals surface area contributed by atoms with Crippen LogP contribution in [-0.2, 0) is 0 Å². The Morgan fingerprint density at radius 1 is 0.791 bits per heavy atom. The molecule has 3 unspecified atom stereocenters. The molecule has 2 aliphatic heterocycles. The quantitative estimate of drug-likeness (QED) is 0.363. The van der Waals surface area contributed by atoms with Crippen molar-refractivity contribution in [3.63, 3.8) is 0 Å². The first-order valence-corrected chi connectivity index (χ1v) is 17.2. The molecule has 6 aliphatic rings. The number of nitrogens with one attached hydrogen (secondary N) is 1. The Balaban J connectivity index is 1.32. The van der Waals surface area contributed by atoms with E-state index < -0.39 is 0 Å². The van der Waals surface area contributed by atoms with Gasteiger partial charge >= 0.3 is 0 Å².